The molecule has 3 heteroatoms. The van der Waals surface area contributed by atoms with Gasteiger partial charge in [-0.25, -0.2) is 0 Å². The van der Waals surface area contributed by atoms with Gasteiger partial charge in [-0.15, -0.1) is 0 Å². The first-order chi connectivity index (χ1) is 9.54. The van der Waals surface area contributed by atoms with Crippen LogP contribution in [0.1, 0.15) is 45.6 Å². The average Bonchev–Trinajstić information content (AvgIpc) is 2.70. The normalized spacial score (nSPS) is 25.0. The van der Waals surface area contributed by atoms with E-state index in [1.54, 1.807) is 0 Å². The summed E-state index contributed by atoms with van der Waals surface area (Å²) in [5, 5.41) is 5.37. The molecular formula is C17H26ClNS. The van der Waals surface area contributed by atoms with Crippen LogP contribution >= 0.6 is 23.4 Å². The molecule has 0 amide bonds. The van der Waals surface area contributed by atoms with E-state index in [1.807, 2.05) is 12.1 Å². The molecule has 1 aliphatic rings. The zero-order chi connectivity index (χ0) is 14.6. The van der Waals surface area contributed by atoms with E-state index in [0.29, 0.717) is 16.7 Å². The lowest BCUT2D eigenvalue weighted by molar-refractivity contribution is 0.287. The summed E-state index contributed by atoms with van der Waals surface area (Å²) in [7, 11) is 0. The van der Waals surface area contributed by atoms with Crippen LogP contribution in [0, 0.1) is 5.41 Å². The van der Waals surface area contributed by atoms with Crippen molar-refractivity contribution >= 4 is 23.4 Å². The molecule has 112 valence electrons. The quantitative estimate of drug-likeness (QED) is 0.781. The van der Waals surface area contributed by atoms with Crippen molar-refractivity contribution < 1.29 is 0 Å². The van der Waals surface area contributed by atoms with E-state index in [-0.39, 0.29) is 0 Å². The van der Waals surface area contributed by atoms with Crippen LogP contribution in [0.25, 0.3) is 0 Å². The monoisotopic (exact) mass is 311 g/mol. The zero-order valence-corrected chi connectivity index (χ0v) is 14.4. The molecule has 20 heavy (non-hydrogen) atoms. The Kier molecular flexibility index (Phi) is 5.83. The number of hydrogen-bond donors (Lipinski definition) is 1. The lowest BCUT2D eigenvalue weighted by Gasteiger charge is -2.31. The van der Waals surface area contributed by atoms with Crippen molar-refractivity contribution in [1.82, 2.24) is 5.32 Å². The Bertz CT molecular complexity index is 433. The van der Waals surface area contributed by atoms with Crippen molar-refractivity contribution in [1.29, 1.82) is 0 Å². The van der Waals surface area contributed by atoms with Crippen molar-refractivity contribution in [3.8, 4) is 0 Å². The molecule has 1 nitrogen and oxygen atoms in total. The molecule has 2 unspecified atom stereocenters. The lowest BCUT2D eigenvalue weighted by atomic mass is 9.87. The highest BCUT2D eigenvalue weighted by Gasteiger charge is 2.41. The van der Waals surface area contributed by atoms with Crippen molar-refractivity contribution in [2.24, 2.45) is 5.41 Å². The van der Waals surface area contributed by atoms with E-state index >= 15 is 0 Å². The fraction of sp³-hybridized carbons (Fsp3) is 0.647. The average molecular weight is 312 g/mol. The molecule has 0 radical (unpaired) electrons. The zero-order valence-electron chi connectivity index (χ0n) is 12.8. The molecule has 1 saturated carbocycles. The number of hydrogen-bond acceptors (Lipinski definition) is 2. The first kappa shape index (κ1) is 16.2. The Morgan fingerprint density at radius 3 is 2.80 bits per heavy atom. The molecule has 1 aromatic rings. The van der Waals surface area contributed by atoms with Gasteiger partial charge < -0.3 is 5.32 Å². The fourth-order valence-corrected chi connectivity index (χ4v) is 4.91. The number of halogens is 1. The van der Waals surface area contributed by atoms with Gasteiger partial charge in [0.25, 0.3) is 0 Å². The van der Waals surface area contributed by atoms with Gasteiger partial charge in [-0.05, 0) is 42.9 Å². The molecule has 0 spiro atoms. The highest BCUT2D eigenvalue weighted by molar-refractivity contribution is 7.99. The fourth-order valence-electron chi connectivity index (χ4n) is 3.04. The third kappa shape index (κ3) is 3.93. The maximum atomic E-state index is 6.26. The number of benzene rings is 1. The second-order valence-electron chi connectivity index (χ2n) is 6.40. The Morgan fingerprint density at radius 2 is 2.10 bits per heavy atom. The maximum Gasteiger partial charge on any atom is 0.0446 e. The molecule has 2 atom stereocenters. The standard InChI is InChI=1S/C17H26ClNS/c1-4-11-19-16-15(9-10-17(16,2)3)20-12-13-7-5-6-8-14(13)18/h5-8,15-16,19H,4,9-12H2,1-3H3. The topological polar surface area (TPSA) is 12.0 Å². The van der Waals surface area contributed by atoms with Gasteiger partial charge in [0, 0.05) is 22.1 Å². The Labute approximate surface area is 132 Å². The largest absolute Gasteiger partial charge is 0.312 e. The summed E-state index contributed by atoms with van der Waals surface area (Å²) in [6, 6.07) is 8.83. The number of rotatable bonds is 6. The molecular weight excluding hydrogens is 286 g/mol. The Morgan fingerprint density at radius 1 is 1.35 bits per heavy atom. The summed E-state index contributed by atoms with van der Waals surface area (Å²) >= 11 is 8.32. The molecule has 0 saturated heterocycles. The number of nitrogens with one attached hydrogen (secondary N) is 1. The third-order valence-corrected chi connectivity index (χ3v) is 6.09. The summed E-state index contributed by atoms with van der Waals surface area (Å²) in [6.07, 6.45) is 3.83. The minimum absolute atomic E-state index is 0.410. The van der Waals surface area contributed by atoms with Crippen molar-refractivity contribution in [2.75, 3.05) is 6.54 Å². The molecule has 1 N–H and O–H groups in total. The SMILES string of the molecule is CCCNC1C(SCc2ccccc2Cl)CCC1(C)C. The van der Waals surface area contributed by atoms with Gasteiger partial charge >= 0.3 is 0 Å². The summed E-state index contributed by atoms with van der Waals surface area (Å²) in [6.45, 7) is 8.16. The van der Waals surface area contributed by atoms with Crippen molar-refractivity contribution in [2.45, 2.75) is 57.1 Å². The predicted molar refractivity (Wildman–Crippen MR) is 91.6 cm³/mol. The van der Waals surface area contributed by atoms with Gasteiger partial charge in [-0.3, -0.25) is 0 Å². The van der Waals surface area contributed by atoms with E-state index < -0.39 is 0 Å². The molecule has 1 aliphatic carbocycles. The lowest BCUT2D eigenvalue weighted by Crippen LogP contribution is -2.43. The van der Waals surface area contributed by atoms with Crippen LogP contribution in [0.3, 0.4) is 0 Å². The Balaban J connectivity index is 1.96. The van der Waals surface area contributed by atoms with Crippen LogP contribution in [0.5, 0.6) is 0 Å². The number of thioether (sulfide) groups is 1. The van der Waals surface area contributed by atoms with Crippen molar-refractivity contribution in [3.05, 3.63) is 34.9 Å². The minimum atomic E-state index is 0.410. The van der Waals surface area contributed by atoms with Crippen LogP contribution in [-0.4, -0.2) is 17.8 Å². The summed E-state index contributed by atoms with van der Waals surface area (Å²) < 4.78 is 0. The third-order valence-electron chi connectivity index (χ3n) is 4.31. The second kappa shape index (κ2) is 7.20. The predicted octanol–water partition coefficient (Wildman–Crippen LogP) is 5.13. The van der Waals surface area contributed by atoms with Gasteiger partial charge in [0.1, 0.15) is 0 Å². The van der Waals surface area contributed by atoms with Gasteiger partial charge in [-0.2, -0.15) is 11.8 Å². The smallest absolute Gasteiger partial charge is 0.0446 e. The second-order valence-corrected chi connectivity index (χ2v) is 8.03. The van der Waals surface area contributed by atoms with Crippen LogP contribution < -0.4 is 5.32 Å². The van der Waals surface area contributed by atoms with E-state index in [0.717, 1.165) is 17.3 Å². The molecule has 1 fully saturated rings. The van der Waals surface area contributed by atoms with E-state index in [2.05, 4.69) is 50.0 Å². The molecule has 2 rings (SSSR count). The van der Waals surface area contributed by atoms with Crippen LogP contribution in [0.15, 0.2) is 24.3 Å². The van der Waals surface area contributed by atoms with Crippen LogP contribution in [0.4, 0.5) is 0 Å². The van der Waals surface area contributed by atoms with Gasteiger partial charge in [-0.1, -0.05) is 50.6 Å². The first-order valence-corrected chi connectivity index (χ1v) is 9.05. The molecule has 1 aromatic carbocycles. The van der Waals surface area contributed by atoms with E-state index in [9.17, 15) is 0 Å². The van der Waals surface area contributed by atoms with E-state index in [4.69, 9.17) is 11.6 Å². The van der Waals surface area contributed by atoms with Crippen LogP contribution in [-0.2, 0) is 5.75 Å². The van der Waals surface area contributed by atoms with Crippen molar-refractivity contribution in [3.63, 3.8) is 0 Å². The molecule has 0 aromatic heterocycles. The van der Waals surface area contributed by atoms with Gasteiger partial charge in [0.15, 0.2) is 0 Å². The van der Waals surface area contributed by atoms with Gasteiger partial charge in [0.2, 0.25) is 0 Å². The minimum Gasteiger partial charge on any atom is -0.312 e. The molecule has 0 bridgehead atoms. The van der Waals surface area contributed by atoms with Crippen LogP contribution in [0.2, 0.25) is 5.02 Å². The molecule has 0 heterocycles. The van der Waals surface area contributed by atoms with E-state index in [1.165, 1.54) is 24.8 Å². The summed E-state index contributed by atoms with van der Waals surface area (Å²) in [5.41, 5.74) is 1.67. The highest BCUT2D eigenvalue weighted by atomic mass is 35.5. The maximum absolute atomic E-state index is 6.26. The van der Waals surface area contributed by atoms with Gasteiger partial charge in [0.05, 0.1) is 0 Å². The first-order valence-electron chi connectivity index (χ1n) is 7.63. The summed E-state index contributed by atoms with van der Waals surface area (Å²) in [4.78, 5) is 0. The molecule has 0 aliphatic heterocycles. The highest BCUT2D eigenvalue weighted by Crippen LogP contribution is 2.44. The Hall–Kier alpha value is -0.180. The summed E-state index contributed by atoms with van der Waals surface area (Å²) in [5.74, 6) is 1.02.